The Morgan fingerprint density at radius 3 is 2.52 bits per heavy atom. The van der Waals surface area contributed by atoms with E-state index in [1.54, 1.807) is 12.1 Å². The lowest BCUT2D eigenvalue weighted by atomic mass is 9.89. The Bertz CT molecular complexity index is 585. The minimum Gasteiger partial charge on any atom is -0.367 e. The molecule has 124 valence electrons. The lowest BCUT2D eigenvalue weighted by Crippen LogP contribution is -2.41. The van der Waals surface area contributed by atoms with Crippen LogP contribution >= 0.6 is 11.6 Å². The average Bonchev–Trinajstić information content (AvgIpc) is 3.05. The number of ether oxygens (including phenoxy) is 1. The molecule has 1 aromatic heterocycles. The number of hydrogen-bond donors (Lipinski definition) is 1. The second-order valence-electron chi connectivity index (χ2n) is 6.13. The number of nitrogens with two attached hydrogens (primary N) is 1. The topological polar surface area (TPSA) is 85.5 Å². The van der Waals surface area contributed by atoms with Gasteiger partial charge in [-0.1, -0.05) is 11.6 Å². The van der Waals surface area contributed by atoms with Crippen LogP contribution in [0, 0.1) is 5.92 Å². The molecule has 2 N–H and O–H groups in total. The van der Waals surface area contributed by atoms with Gasteiger partial charge in [-0.2, -0.15) is 0 Å². The van der Waals surface area contributed by atoms with E-state index < -0.39 is 6.10 Å². The molecule has 3 heterocycles. The lowest BCUT2D eigenvalue weighted by Gasteiger charge is -2.34. The molecule has 0 spiro atoms. The summed E-state index contributed by atoms with van der Waals surface area (Å²) in [7, 11) is 0. The van der Waals surface area contributed by atoms with Crippen molar-refractivity contribution in [2.75, 3.05) is 13.1 Å². The van der Waals surface area contributed by atoms with Gasteiger partial charge < -0.3 is 15.4 Å². The van der Waals surface area contributed by atoms with Crippen molar-refractivity contribution in [3.63, 3.8) is 0 Å². The largest absolute Gasteiger partial charge is 0.367 e. The van der Waals surface area contributed by atoms with Crippen molar-refractivity contribution in [3.05, 3.63) is 29.0 Å². The van der Waals surface area contributed by atoms with Gasteiger partial charge in [0.2, 0.25) is 5.91 Å². The predicted octanol–water partition coefficient (Wildman–Crippen LogP) is 1.62. The van der Waals surface area contributed by atoms with Crippen molar-refractivity contribution in [3.8, 4) is 0 Å². The van der Waals surface area contributed by atoms with Gasteiger partial charge in [-0.15, -0.1) is 0 Å². The van der Waals surface area contributed by atoms with Gasteiger partial charge in [-0.05, 0) is 43.7 Å². The molecule has 2 aliphatic heterocycles. The van der Waals surface area contributed by atoms with E-state index in [1.165, 1.54) is 6.20 Å². The summed E-state index contributed by atoms with van der Waals surface area (Å²) in [5.74, 6) is -0.0713. The summed E-state index contributed by atoms with van der Waals surface area (Å²) in [5, 5.41) is 0.516. The van der Waals surface area contributed by atoms with Crippen LogP contribution in [-0.2, 0) is 9.53 Å². The predicted molar refractivity (Wildman–Crippen MR) is 85.0 cm³/mol. The second-order valence-corrected chi connectivity index (χ2v) is 6.57. The van der Waals surface area contributed by atoms with Crippen LogP contribution in [0.3, 0.4) is 0 Å². The van der Waals surface area contributed by atoms with Gasteiger partial charge in [0.15, 0.2) is 0 Å². The fourth-order valence-electron chi connectivity index (χ4n) is 3.36. The standard InChI is InChI=1S/C16H20ClN3O3/c17-11-1-2-12(19-9-11)16(22)20-7-5-10(6-8-20)13-3-4-14(23-13)15(18)21/h1-2,9-10,13-14H,3-8H2,(H2,18,21)/t13-,14+/m0/s1. The summed E-state index contributed by atoms with van der Waals surface area (Å²) >= 11 is 5.79. The Kier molecular flexibility index (Phi) is 4.82. The van der Waals surface area contributed by atoms with Crippen LogP contribution in [-0.4, -0.2) is 47.0 Å². The zero-order chi connectivity index (χ0) is 16.4. The fraction of sp³-hybridized carbons (Fsp3) is 0.562. The molecule has 23 heavy (non-hydrogen) atoms. The highest BCUT2D eigenvalue weighted by Crippen LogP contribution is 2.32. The van der Waals surface area contributed by atoms with Crippen LogP contribution in [0.1, 0.15) is 36.2 Å². The number of amides is 2. The first-order valence-electron chi connectivity index (χ1n) is 7.90. The van der Waals surface area contributed by atoms with Crippen LogP contribution in [0.15, 0.2) is 18.3 Å². The van der Waals surface area contributed by atoms with Crippen LogP contribution < -0.4 is 5.73 Å². The van der Waals surface area contributed by atoms with Crippen LogP contribution in [0.4, 0.5) is 0 Å². The Morgan fingerprint density at radius 1 is 1.22 bits per heavy atom. The number of hydrogen-bond acceptors (Lipinski definition) is 4. The van der Waals surface area contributed by atoms with E-state index in [2.05, 4.69) is 4.98 Å². The van der Waals surface area contributed by atoms with E-state index in [0.717, 1.165) is 19.3 Å². The maximum absolute atomic E-state index is 12.4. The molecule has 6 nitrogen and oxygen atoms in total. The van der Waals surface area contributed by atoms with Gasteiger partial charge in [0, 0.05) is 19.3 Å². The van der Waals surface area contributed by atoms with Gasteiger partial charge >= 0.3 is 0 Å². The Labute approximate surface area is 139 Å². The highest BCUT2D eigenvalue weighted by Gasteiger charge is 2.36. The zero-order valence-corrected chi connectivity index (χ0v) is 13.5. The van der Waals surface area contributed by atoms with E-state index in [9.17, 15) is 9.59 Å². The van der Waals surface area contributed by atoms with Crippen LogP contribution in [0.2, 0.25) is 5.02 Å². The Hall–Kier alpha value is -1.66. The quantitative estimate of drug-likeness (QED) is 0.908. The van der Waals surface area contributed by atoms with E-state index in [0.29, 0.717) is 36.1 Å². The highest BCUT2D eigenvalue weighted by molar-refractivity contribution is 6.30. The lowest BCUT2D eigenvalue weighted by molar-refractivity contribution is -0.130. The number of carbonyl (C=O) groups is 2. The first-order chi connectivity index (χ1) is 11.0. The molecule has 0 saturated carbocycles. The molecule has 0 unspecified atom stereocenters. The molecule has 7 heteroatoms. The van der Waals surface area contributed by atoms with Crippen LogP contribution in [0.5, 0.6) is 0 Å². The molecule has 0 bridgehead atoms. The normalized spacial score (nSPS) is 25.5. The smallest absolute Gasteiger partial charge is 0.272 e. The van der Waals surface area contributed by atoms with Gasteiger partial charge in [-0.25, -0.2) is 4.98 Å². The third kappa shape index (κ3) is 3.64. The second kappa shape index (κ2) is 6.84. The van der Waals surface area contributed by atoms with Crippen molar-refractivity contribution in [2.45, 2.75) is 37.9 Å². The van der Waals surface area contributed by atoms with Gasteiger partial charge in [0.1, 0.15) is 11.8 Å². The monoisotopic (exact) mass is 337 g/mol. The number of likely N-dealkylation sites (tertiary alicyclic amines) is 1. The zero-order valence-electron chi connectivity index (χ0n) is 12.8. The third-order valence-electron chi connectivity index (χ3n) is 4.67. The molecule has 0 aliphatic carbocycles. The molecule has 2 aliphatic rings. The van der Waals surface area contributed by atoms with Crippen molar-refractivity contribution < 1.29 is 14.3 Å². The third-order valence-corrected chi connectivity index (χ3v) is 4.89. The van der Waals surface area contributed by atoms with E-state index in [4.69, 9.17) is 22.1 Å². The molecular formula is C16H20ClN3O3. The summed E-state index contributed by atoms with van der Waals surface area (Å²) in [6.07, 6.45) is 4.43. The molecular weight excluding hydrogens is 318 g/mol. The number of piperidine rings is 1. The Balaban J connectivity index is 1.53. The SMILES string of the molecule is NC(=O)[C@H]1CC[C@@H](C2CCN(C(=O)c3ccc(Cl)cn3)CC2)O1. The first kappa shape index (κ1) is 16.2. The van der Waals surface area contributed by atoms with Crippen LogP contribution in [0.25, 0.3) is 0 Å². The first-order valence-corrected chi connectivity index (χ1v) is 8.28. The van der Waals surface area contributed by atoms with Crippen molar-refractivity contribution >= 4 is 23.4 Å². The van der Waals surface area contributed by atoms with Gasteiger partial charge in [-0.3, -0.25) is 9.59 Å². The van der Waals surface area contributed by atoms with Gasteiger partial charge in [0.25, 0.3) is 5.91 Å². The maximum atomic E-state index is 12.4. The molecule has 0 radical (unpaired) electrons. The molecule has 3 rings (SSSR count). The number of nitrogens with zero attached hydrogens (tertiary/aromatic N) is 2. The van der Waals surface area contributed by atoms with Crippen molar-refractivity contribution in [1.29, 1.82) is 0 Å². The number of rotatable bonds is 3. The molecule has 2 fully saturated rings. The highest BCUT2D eigenvalue weighted by atomic mass is 35.5. The average molecular weight is 338 g/mol. The van der Waals surface area contributed by atoms with Crippen molar-refractivity contribution in [2.24, 2.45) is 11.7 Å². The number of pyridine rings is 1. The summed E-state index contributed by atoms with van der Waals surface area (Å²) in [5.41, 5.74) is 5.71. The molecule has 2 saturated heterocycles. The van der Waals surface area contributed by atoms with E-state index >= 15 is 0 Å². The van der Waals surface area contributed by atoms with Crippen molar-refractivity contribution in [1.82, 2.24) is 9.88 Å². The number of halogens is 1. The number of aromatic nitrogens is 1. The summed E-state index contributed by atoms with van der Waals surface area (Å²) < 4.78 is 5.75. The molecule has 2 amide bonds. The summed E-state index contributed by atoms with van der Waals surface area (Å²) in [6.45, 7) is 1.35. The van der Waals surface area contributed by atoms with E-state index in [1.807, 2.05) is 4.90 Å². The molecule has 1 aromatic rings. The van der Waals surface area contributed by atoms with E-state index in [-0.39, 0.29) is 17.9 Å². The number of carbonyl (C=O) groups excluding carboxylic acids is 2. The minimum atomic E-state index is -0.446. The molecule has 2 atom stereocenters. The number of primary amides is 1. The fourth-order valence-corrected chi connectivity index (χ4v) is 3.47. The Morgan fingerprint density at radius 2 is 1.96 bits per heavy atom. The molecule has 0 aromatic carbocycles. The summed E-state index contributed by atoms with van der Waals surface area (Å²) in [6, 6.07) is 3.32. The minimum absolute atomic E-state index is 0.0672. The maximum Gasteiger partial charge on any atom is 0.272 e. The van der Waals surface area contributed by atoms with Gasteiger partial charge in [0.05, 0.1) is 11.1 Å². The summed E-state index contributed by atoms with van der Waals surface area (Å²) in [4.78, 5) is 29.5.